The highest BCUT2D eigenvalue weighted by Gasteiger charge is 2.09. The second kappa shape index (κ2) is 10.3. The Balaban J connectivity index is 1.34. The first-order chi connectivity index (χ1) is 13.7. The van der Waals surface area contributed by atoms with Gasteiger partial charge in [0, 0.05) is 25.5 Å². The molecule has 3 rings (SSSR count). The molecule has 0 atom stereocenters. The molecule has 146 valence electrons. The smallest absolute Gasteiger partial charge is 0.220 e. The van der Waals surface area contributed by atoms with Crippen molar-refractivity contribution in [2.75, 3.05) is 0 Å². The minimum Gasteiger partial charge on any atom is -0.425 e. The number of aromatic nitrogens is 3. The maximum absolute atomic E-state index is 12.0. The molecule has 0 aliphatic rings. The summed E-state index contributed by atoms with van der Waals surface area (Å²) >= 11 is 0. The highest BCUT2D eigenvalue weighted by atomic mass is 16.4. The van der Waals surface area contributed by atoms with Crippen LogP contribution in [0.4, 0.5) is 0 Å². The van der Waals surface area contributed by atoms with E-state index in [9.17, 15) is 4.79 Å². The molecular weight excluding hydrogens is 352 g/mol. The van der Waals surface area contributed by atoms with Crippen molar-refractivity contribution in [1.29, 1.82) is 0 Å². The molecule has 0 aliphatic heterocycles. The van der Waals surface area contributed by atoms with E-state index in [2.05, 4.69) is 44.8 Å². The third-order valence-corrected chi connectivity index (χ3v) is 4.59. The molecule has 2 aromatic heterocycles. The molecule has 3 aromatic rings. The van der Waals surface area contributed by atoms with Crippen LogP contribution in [-0.4, -0.2) is 21.1 Å². The average molecular weight is 378 g/mol. The number of carbonyl (C=O) groups excluding carboxylic acids is 1. The van der Waals surface area contributed by atoms with Gasteiger partial charge < -0.3 is 9.73 Å². The van der Waals surface area contributed by atoms with Gasteiger partial charge in [0.1, 0.15) is 0 Å². The molecule has 0 saturated heterocycles. The Kier molecular flexibility index (Phi) is 7.29. The number of benzene rings is 1. The third kappa shape index (κ3) is 6.30. The topological polar surface area (TPSA) is 80.9 Å². The first-order valence-electron chi connectivity index (χ1n) is 9.73. The molecule has 0 unspecified atom stereocenters. The van der Waals surface area contributed by atoms with Gasteiger partial charge in [-0.3, -0.25) is 9.78 Å². The highest BCUT2D eigenvalue weighted by molar-refractivity contribution is 5.75. The summed E-state index contributed by atoms with van der Waals surface area (Å²) in [6, 6.07) is 14.3. The minimum absolute atomic E-state index is 0.0485. The van der Waals surface area contributed by atoms with Crippen molar-refractivity contribution in [3.8, 4) is 0 Å². The number of nitrogens with zero attached hydrogens (tertiary/aromatic N) is 3. The van der Waals surface area contributed by atoms with Crippen LogP contribution in [0.2, 0.25) is 0 Å². The number of amides is 1. The van der Waals surface area contributed by atoms with E-state index in [1.807, 2.05) is 25.1 Å². The van der Waals surface area contributed by atoms with Gasteiger partial charge in [-0.2, -0.15) is 0 Å². The fraction of sp³-hybridized carbons (Fsp3) is 0.364. The van der Waals surface area contributed by atoms with Crippen molar-refractivity contribution < 1.29 is 9.21 Å². The van der Waals surface area contributed by atoms with Crippen LogP contribution in [0.5, 0.6) is 0 Å². The van der Waals surface area contributed by atoms with E-state index in [1.54, 1.807) is 6.20 Å². The number of unbranched alkanes of at least 4 members (excludes halogenated alkanes) is 1. The molecule has 0 spiro atoms. The summed E-state index contributed by atoms with van der Waals surface area (Å²) in [6.45, 7) is 2.41. The number of hydrogen-bond acceptors (Lipinski definition) is 5. The van der Waals surface area contributed by atoms with E-state index in [4.69, 9.17) is 4.42 Å². The molecule has 6 heteroatoms. The van der Waals surface area contributed by atoms with Crippen molar-refractivity contribution in [2.24, 2.45) is 0 Å². The average Bonchev–Trinajstić information content (AvgIpc) is 3.18. The normalized spacial score (nSPS) is 10.8. The quantitative estimate of drug-likeness (QED) is 0.545. The van der Waals surface area contributed by atoms with Gasteiger partial charge in [0.15, 0.2) is 0 Å². The number of aryl methyl sites for hydroxylation is 4. The van der Waals surface area contributed by atoms with Gasteiger partial charge >= 0.3 is 0 Å². The molecule has 0 radical (unpaired) electrons. The summed E-state index contributed by atoms with van der Waals surface area (Å²) in [4.78, 5) is 16.3. The molecular formula is C22H26N4O2. The van der Waals surface area contributed by atoms with Crippen molar-refractivity contribution in [3.05, 3.63) is 77.3 Å². The lowest BCUT2D eigenvalue weighted by atomic mass is 10.1. The van der Waals surface area contributed by atoms with Gasteiger partial charge in [-0.25, -0.2) is 0 Å². The molecule has 0 bridgehead atoms. The maximum Gasteiger partial charge on any atom is 0.220 e. The molecule has 0 fully saturated rings. The van der Waals surface area contributed by atoms with Crippen molar-refractivity contribution in [2.45, 2.75) is 52.0 Å². The van der Waals surface area contributed by atoms with E-state index in [1.165, 1.54) is 5.56 Å². The Hall–Kier alpha value is -3.02. The summed E-state index contributed by atoms with van der Waals surface area (Å²) in [7, 11) is 0. The van der Waals surface area contributed by atoms with Gasteiger partial charge in [-0.15, -0.1) is 10.2 Å². The summed E-state index contributed by atoms with van der Waals surface area (Å²) in [5, 5.41) is 11.0. The largest absolute Gasteiger partial charge is 0.425 e. The number of rotatable bonds is 10. The van der Waals surface area contributed by atoms with E-state index in [-0.39, 0.29) is 5.91 Å². The zero-order valence-electron chi connectivity index (χ0n) is 16.2. The lowest BCUT2D eigenvalue weighted by Crippen LogP contribution is -2.24. The lowest BCUT2D eigenvalue weighted by molar-refractivity contribution is -0.121. The first kappa shape index (κ1) is 19.7. The Morgan fingerprint density at radius 2 is 1.71 bits per heavy atom. The summed E-state index contributed by atoms with van der Waals surface area (Å²) in [5.41, 5.74) is 3.30. The predicted molar refractivity (Wildman–Crippen MR) is 107 cm³/mol. The first-order valence-corrected chi connectivity index (χ1v) is 9.73. The number of pyridine rings is 1. The Labute approximate surface area is 165 Å². The second-order valence-electron chi connectivity index (χ2n) is 6.83. The monoisotopic (exact) mass is 378 g/mol. The third-order valence-electron chi connectivity index (χ3n) is 4.59. The van der Waals surface area contributed by atoms with Crippen LogP contribution >= 0.6 is 0 Å². The lowest BCUT2D eigenvalue weighted by Gasteiger charge is -2.06. The summed E-state index contributed by atoms with van der Waals surface area (Å²) in [6.07, 6.45) is 6.40. The van der Waals surface area contributed by atoms with Crippen LogP contribution in [0.15, 0.2) is 53.1 Å². The SMILES string of the molecule is Cc1cccnc1CNC(=O)CCc1nnc(CCCCc2ccccc2)o1. The van der Waals surface area contributed by atoms with Gasteiger partial charge in [0.2, 0.25) is 17.7 Å². The predicted octanol–water partition coefficient (Wildman–Crippen LogP) is 3.59. The molecule has 1 N–H and O–H groups in total. The maximum atomic E-state index is 12.0. The molecule has 1 amide bonds. The fourth-order valence-electron chi connectivity index (χ4n) is 2.94. The highest BCUT2D eigenvalue weighted by Crippen LogP contribution is 2.10. The van der Waals surface area contributed by atoms with Gasteiger partial charge in [-0.05, 0) is 43.4 Å². The standard InChI is InChI=1S/C22H26N4O2/c1-17-8-7-15-23-19(17)16-24-20(27)13-14-22-26-25-21(28-22)12-6-5-11-18-9-3-2-4-10-18/h2-4,7-10,15H,5-6,11-14,16H2,1H3,(H,24,27). The van der Waals surface area contributed by atoms with Gasteiger partial charge in [-0.1, -0.05) is 36.4 Å². The Morgan fingerprint density at radius 3 is 2.50 bits per heavy atom. The van der Waals surface area contributed by atoms with Gasteiger partial charge in [0.25, 0.3) is 0 Å². The van der Waals surface area contributed by atoms with Crippen molar-refractivity contribution >= 4 is 5.91 Å². The second-order valence-corrected chi connectivity index (χ2v) is 6.83. The van der Waals surface area contributed by atoms with Crippen molar-refractivity contribution in [1.82, 2.24) is 20.5 Å². The van der Waals surface area contributed by atoms with Crippen LogP contribution in [0.25, 0.3) is 0 Å². The van der Waals surface area contributed by atoms with E-state index >= 15 is 0 Å². The van der Waals surface area contributed by atoms with E-state index < -0.39 is 0 Å². The number of hydrogen-bond donors (Lipinski definition) is 1. The zero-order valence-corrected chi connectivity index (χ0v) is 16.2. The Bertz CT molecular complexity index is 877. The van der Waals surface area contributed by atoms with Crippen LogP contribution in [0.1, 0.15) is 47.9 Å². The number of nitrogens with one attached hydrogen (secondary N) is 1. The number of carbonyl (C=O) groups is 1. The minimum atomic E-state index is -0.0485. The van der Waals surface area contributed by atoms with Crippen LogP contribution in [-0.2, 0) is 30.6 Å². The molecule has 28 heavy (non-hydrogen) atoms. The van der Waals surface area contributed by atoms with Crippen molar-refractivity contribution in [3.63, 3.8) is 0 Å². The van der Waals surface area contributed by atoms with Crippen LogP contribution in [0.3, 0.4) is 0 Å². The van der Waals surface area contributed by atoms with Crippen LogP contribution in [0, 0.1) is 6.92 Å². The van der Waals surface area contributed by atoms with Gasteiger partial charge in [0.05, 0.1) is 12.2 Å². The zero-order chi connectivity index (χ0) is 19.6. The van der Waals surface area contributed by atoms with E-state index in [0.717, 1.165) is 36.9 Å². The molecule has 2 heterocycles. The molecule has 0 aliphatic carbocycles. The summed E-state index contributed by atoms with van der Waals surface area (Å²) in [5.74, 6) is 1.11. The molecule has 6 nitrogen and oxygen atoms in total. The van der Waals surface area contributed by atoms with E-state index in [0.29, 0.717) is 31.2 Å². The fourth-order valence-corrected chi connectivity index (χ4v) is 2.94. The Morgan fingerprint density at radius 1 is 0.964 bits per heavy atom. The van der Waals surface area contributed by atoms with Crippen LogP contribution < -0.4 is 5.32 Å². The summed E-state index contributed by atoms with van der Waals surface area (Å²) < 4.78 is 5.65. The molecule has 1 aromatic carbocycles. The molecule has 0 saturated carbocycles.